The van der Waals surface area contributed by atoms with Crippen molar-refractivity contribution in [2.75, 3.05) is 19.6 Å². The number of hydrogen-bond acceptors (Lipinski definition) is 2. The molecule has 0 radical (unpaired) electrons. The fourth-order valence-corrected chi connectivity index (χ4v) is 3.63. The molecular formula is C22H22N2O2. The first kappa shape index (κ1) is 16.6. The minimum atomic E-state index is -0.891. The Bertz CT molecular complexity index is 957. The summed E-state index contributed by atoms with van der Waals surface area (Å²) in [6.45, 7) is 3.06. The Labute approximate surface area is 152 Å². The number of carboxylic acid groups (broad SMARTS) is 1. The average Bonchev–Trinajstić information content (AvgIpc) is 3.10. The van der Waals surface area contributed by atoms with Crippen molar-refractivity contribution in [3.05, 3.63) is 77.5 Å². The van der Waals surface area contributed by atoms with E-state index in [1.54, 1.807) is 12.1 Å². The summed E-state index contributed by atoms with van der Waals surface area (Å²) in [5.41, 5.74) is 5.23. The highest BCUT2D eigenvalue weighted by Gasteiger charge is 2.14. The molecule has 3 aromatic rings. The van der Waals surface area contributed by atoms with E-state index in [-0.39, 0.29) is 0 Å². The van der Waals surface area contributed by atoms with Crippen molar-refractivity contribution in [2.45, 2.75) is 12.8 Å². The number of aromatic carboxylic acids is 1. The normalized spacial score (nSPS) is 15.2. The number of aromatic amines is 1. The third-order valence-electron chi connectivity index (χ3n) is 5.15. The lowest BCUT2D eigenvalue weighted by Gasteiger charge is -2.26. The number of carbonyl (C=O) groups is 1. The number of rotatable bonds is 5. The number of carboxylic acids is 1. The highest BCUT2D eigenvalue weighted by Crippen LogP contribution is 2.23. The highest BCUT2D eigenvalue weighted by molar-refractivity contribution is 5.94. The van der Waals surface area contributed by atoms with Gasteiger partial charge in [-0.3, -0.25) is 4.90 Å². The van der Waals surface area contributed by atoms with Gasteiger partial charge < -0.3 is 10.1 Å². The van der Waals surface area contributed by atoms with Crippen LogP contribution in [0.1, 0.15) is 27.9 Å². The van der Waals surface area contributed by atoms with Crippen LogP contribution in [0.5, 0.6) is 0 Å². The molecule has 0 saturated heterocycles. The average molecular weight is 346 g/mol. The summed E-state index contributed by atoms with van der Waals surface area (Å²) >= 11 is 0. The van der Waals surface area contributed by atoms with Crippen molar-refractivity contribution in [1.29, 1.82) is 0 Å². The highest BCUT2D eigenvalue weighted by atomic mass is 16.4. The lowest BCUT2D eigenvalue weighted by Crippen LogP contribution is -2.30. The van der Waals surface area contributed by atoms with E-state index in [4.69, 9.17) is 5.11 Å². The number of fused-ring (bicyclic) bond motifs is 1. The van der Waals surface area contributed by atoms with E-state index in [1.165, 1.54) is 16.7 Å². The molecule has 4 nitrogen and oxygen atoms in total. The quantitative estimate of drug-likeness (QED) is 0.728. The molecule has 0 atom stereocenters. The van der Waals surface area contributed by atoms with Gasteiger partial charge in [0.2, 0.25) is 0 Å². The van der Waals surface area contributed by atoms with Gasteiger partial charge in [0, 0.05) is 36.7 Å². The summed E-state index contributed by atoms with van der Waals surface area (Å²) in [5, 5.41) is 10.2. The number of hydrogen-bond donors (Lipinski definition) is 2. The topological polar surface area (TPSA) is 56.3 Å². The minimum Gasteiger partial charge on any atom is -0.478 e. The van der Waals surface area contributed by atoms with Crippen LogP contribution in [0.4, 0.5) is 0 Å². The zero-order chi connectivity index (χ0) is 17.9. The first-order valence-corrected chi connectivity index (χ1v) is 9.01. The summed E-state index contributed by atoms with van der Waals surface area (Å²) < 4.78 is 0. The molecule has 2 heterocycles. The molecule has 0 fully saturated rings. The monoisotopic (exact) mass is 346 g/mol. The van der Waals surface area contributed by atoms with E-state index in [9.17, 15) is 4.79 Å². The Balaban J connectivity index is 1.40. The molecule has 2 N–H and O–H groups in total. The van der Waals surface area contributed by atoms with Crippen molar-refractivity contribution in [3.8, 4) is 0 Å². The Morgan fingerprint density at radius 2 is 2.00 bits per heavy atom. The molecule has 0 aliphatic carbocycles. The number of aromatic nitrogens is 1. The van der Waals surface area contributed by atoms with Crippen LogP contribution in [0, 0.1) is 0 Å². The van der Waals surface area contributed by atoms with Crippen LogP contribution in [-0.2, 0) is 6.42 Å². The maximum atomic E-state index is 11.1. The van der Waals surface area contributed by atoms with Crippen LogP contribution in [0.2, 0.25) is 0 Å². The Hall–Kier alpha value is -2.85. The predicted octanol–water partition coefficient (Wildman–Crippen LogP) is 4.20. The van der Waals surface area contributed by atoms with Gasteiger partial charge in [-0.1, -0.05) is 42.5 Å². The first-order valence-electron chi connectivity index (χ1n) is 9.01. The van der Waals surface area contributed by atoms with E-state index in [0.717, 1.165) is 43.4 Å². The molecule has 4 rings (SSSR count). The zero-order valence-corrected chi connectivity index (χ0v) is 14.6. The van der Waals surface area contributed by atoms with Crippen LogP contribution >= 0.6 is 0 Å². The maximum Gasteiger partial charge on any atom is 0.335 e. The molecule has 1 aliphatic heterocycles. The molecule has 26 heavy (non-hydrogen) atoms. The van der Waals surface area contributed by atoms with Gasteiger partial charge in [-0.2, -0.15) is 0 Å². The number of nitrogens with zero attached hydrogens (tertiary/aromatic N) is 1. The smallest absolute Gasteiger partial charge is 0.335 e. The fourth-order valence-electron chi connectivity index (χ4n) is 3.63. The molecule has 2 aromatic carbocycles. The zero-order valence-electron chi connectivity index (χ0n) is 14.6. The maximum absolute atomic E-state index is 11.1. The van der Waals surface area contributed by atoms with Gasteiger partial charge in [-0.15, -0.1) is 0 Å². The number of H-pyrrole nitrogens is 1. The minimum absolute atomic E-state index is 0.320. The second-order valence-corrected chi connectivity index (χ2v) is 6.78. The van der Waals surface area contributed by atoms with Gasteiger partial charge in [0.25, 0.3) is 0 Å². The van der Waals surface area contributed by atoms with Crippen molar-refractivity contribution < 1.29 is 9.90 Å². The van der Waals surface area contributed by atoms with Crippen LogP contribution in [0.3, 0.4) is 0 Å². The standard InChI is InChI=1S/C22H22N2O2/c25-22(26)18-6-7-20-19(15-23-21(20)14-18)10-13-24-11-8-17(9-12-24)16-4-2-1-3-5-16/h1-8,14-15,23H,9-13H2,(H,25,26). The van der Waals surface area contributed by atoms with Gasteiger partial charge in [-0.25, -0.2) is 4.79 Å². The Kier molecular flexibility index (Phi) is 4.59. The summed E-state index contributed by atoms with van der Waals surface area (Å²) in [6.07, 6.45) is 6.39. The van der Waals surface area contributed by atoms with Gasteiger partial charge in [0.05, 0.1) is 5.56 Å². The van der Waals surface area contributed by atoms with Crippen LogP contribution in [0.15, 0.2) is 60.8 Å². The number of benzene rings is 2. The van der Waals surface area contributed by atoms with Crippen molar-refractivity contribution in [2.24, 2.45) is 0 Å². The first-order chi connectivity index (χ1) is 12.7. The molecule has 0 amide bonds. The Morgan fingerprint density at radius 1 is 1.15 bits per heavy atom. The van der Waals surface area contributed by atoms with Crippen molar-refractivity contribution in [3.63, 3.8) is 0 Å². The van der Waals surface area contributed by atoms with Gasteiger partial charge in [-0.05, 0) is 41.7 Å². The van der Waals surface area contributed by atoms with E-state index in [2.05, 4.69) is 46.3 Å². The van der Waals surface area contributed by atoms with Gasteiger partial charge in [0.15, 0.2) is 0 Å². The summed E-state index contributed by atoms with van der Waals surface area (Å²) in [4.78, 5) is 16.8. The van der Waals surface area contributed by atoms with Crippen molar-refractivity contribution >= 4 is 22.4 Å². The second kappa shape index (κ2) is 7.18. The molecule has 1 aromatic heterocycles. The largest absolute Gasteiger partial charge is 0.478 e. The van der Waals surface area contributed by atoms with Crippen molar-refractivity contribution in [1.82, 2.24) is 9.88 Å². The summed E-state index contributed by atoms with van der Waals surface area (Å²) in [7, 11) is 0. The van der Waals surface area contributed by atoms with E-state index in [1.807, 2.05) is 12.3 Å². The molecule has 0 spiro atoms. The molecule has 1 aliphatic rings. The lowest BCUT2D eigenvalue weighted by atomic mass is 9.99. The molecule has 0 bridgehead atoms. The predicted molar refractivity (Wildman–Crippen MR) is 104 cm³/mol. The van der Waals surface area contributed by atoms with E-state index >= 15 is 0 Å². The van der Waals surface area contributed by atoms with E-state index < -0.39 is 5.97 Å². The van der Waals surface area contributed by atoms with Crippen LogP contribution in [-0.4, -0.2) is 40.6 Å². The summed E-state index contributed by atoms with van der Waals surface area (Å²) in [6, 6.07) is 15.9. The molecular weight excluding hydrogens is 324 g/mol. The third kappa shape index (κ3) is 3.41. The second-order valence-electron chi connectivity index (χ2n) is 6.78. The van der Waals surface area contributed by atoms with Crippen LogP contribution in [0.25, 0.3) is 16.5 Å². The molecule has 4 heteroatoms. The summed E-state index contributed by atoms with van der Waals surface area (Å²) in [5.74, 6) is -0.891. The SMILES string of the molecule is O=C(O)c1ccc2c(CCN3CC=C(c4ccccc4)CC3)c[nH]c2c1. The fraction of sp³-hybridized carbons (Fsp3) is 0.227. The third-order valence-corrected chi connectivity index (χ3v) is 5.15. The number of nitrogens with one attached hydrogen (secondary N) is 1. The molecule has 0 unspecified atom stereocenters. The Morgan fingerprint density at radius 3 is 2.73 bits per heavy atom. The van der Waals surface area contributed by atoms with Crippen LogP contribution < -0.4 is 0 Å². The van der Waals surface area contributed by atoms with Gasteiger partial charge in [0.1, 0.15) is 0 Å². The van der Waals surface area contributed by atoms with E-state index in [0.29, 0.717) is 5.56 Å². The molecule has 0 saturated carbocycles. The van der Waals surface area contributed by atoms with Gasteiger partial charge >= 0.3 is 5.97 Å². The lowest BCUT2D eigenvalue weighted by molar-refractivity contribution is 0.0697. The molecule has 132 valence electrons.